The van der Waals surface area contributed by atoms with Crippen molar-refractivity contribution >= 4 is 23.6 Å². The van der Waals surface area contributed by atoms with Gasteiger partial charge in [0.2, 0.25) is 0 Å². The number of amides is 2. The van der Waals surface area contributed by atoms with Crippen LogP contribution in [-0.4, -0.2) is 45.8 Å². The molecule has 2 amide bonds. The second-order valence-electron chi connectivity index (χ2n) is 5.23. The number of hydrogen-bond acceptors (Lipinski definition) is 6. The molecule has 2 N–H and O–H groups in total. The molecule has 1 aromatic carbocycles. The van der Waals surface area contributed by atoms with Crippen molar-refractivity contribution in [3.05, 3.63) is 29.0 Å². The highest BCUT2D eigenvalue weighted by Crippen LogP contribution is 2.40. The summed E-state index contributed by atoms with van der Waals surface area (Å²) >= 11 is 5.93. The van der Waals surface area contributed by atoms with Crippen LogP contribution in [0.1, 0.15) is 18.5 Å². The van der Waals surface area contributed by atoms with Gasteiger partial charge >= 0.3 is 12.0 Å². The number of hydrogen-bond donors (Lipinski definition) is 2. The van der Waals surface area contributed by atoms with E-state index < -0.39 is 18.0 Å². The summed E-state index contributed by atoms with van der Waals surface area (Å²) < 4.78 is 21.1. The lowest BCUT2D eigenvalue weighted by molar-refractivity contribution is -0.139. The molecule has 142 valence electrons. The van der Waals surface area contributed by atoms with Crippen LogP contribution in [0.5, 0.6) is 17.2 Å². The molecule has 26 heavy (non-hydrogen) atoms. The molecule has 1 heterocycles. The van der Waals surface area contributed by atoms with E-state index in [0.717, 1.165) is 0 Å². The summed E-state index contributed by atoms with van der Waals surface area (Å²) in [6, 6.07) is 1.94. The van der Waals surface area contributed by atoms with Crippen molar-refractivity contribution in [3.63, 3.8) is 0 Å². The molecule has 0 saturated heterocycles. The van der Waals surface area contributed by atoms with E-state index in [1.54, 1.807) is 19.1 Å². The fourth-order valence-electron chi connectivity index (χ4n) is 2.68. The highest BCUT2D eigenvalue weighted by Gasteiger charge is 2.35. The van der Waals surface area contributed by atoms with Gasteiger partial charge in [0, 0.05) is 17.3 Å². The average Bonchev–Trinajstić information content (AvgIpc) is 2.65. The summed E-state index contributed by atoms with van der Waals surface area (Å²) in [6.45, 7) is 1.88. The van der Waals surface area contributed by atoms with Gasteiger partial charge < -0.3 is 29.6 Å². The van der Waals surface area contributed by atoms with Gasteiger partial charge in [0.25, 0.3) is 0 Å². The van der Waals surface area contributed by atoms with Crippen LogP contribution in [0.3, 0.4) is 0 Å². The van der Waals surface area contributed by atoms with Gasteiger partial charge in [-0.3, -0.25) is 0 Å². The van der Waals surface area contributed by atoms with Crippen LogP contribution in [0.4, 0.5) is 4.79 Å². The van der Waals surface area contributed by atoms with E-state index in [4.69, 9.17) is 30.5 Å². The van der Waals surface area contributed by atoms with E-state index in [9.17, 15) is 9.59 Å². The predicted molar refractivity (Wildman–Crippen MR) is 94.9 cm³/mol. The van der Waals surface area contributed by atoms with Gasteiger partial charge in [0.1, 0.15) is 5.75 Å². The van der Waals surface area contributed by atoms with Gasteiger partial charge in [-0.15, -0.1) is 11.6 Å². The van der Waals surface area contributed by atoms with E-state index in [0.29, 0.717) is 22.8 Å². The fraction of sp³-hybridized carbons (Fsp3) is 0.412. The zero-order chi connectivity index (χ0) is 19.3. The first-order chi connectivity index (χ1) is 12.5. The molecule has 1 aliphatic heterocycles. The number of allylic oxidation sites excluding steroid dienone is 1. The first-order valence-electron chi connectivity index (χ1n) is 7.84. The molecule has 1 atom stereocenters. The lowest BCUT2D eigenvalue weighted by Gasteiger charge is -2.30. The first-order valence-corrected chi connectivity index (χ1v) is 8.37. The second kappa shape index (κ2) is 8.66. The standard InChI is InChI=1S/C17H21ClN2O6/c1-5-26-16(21)14-10(8-18)19-17(22)20-15(14)9-6-12(24-3)13(25-4)7-11(9)23-2/h6-7,15H,5,8H2,1-4H3,(H2,19,20,22)/t15-/m0/s1. The first kappa shape index (κ1) is 19.7. The van der Waals surface area contributed by atoms with Crippen LogP contribution < -0.4 is 24.8 Å². The number of alkyl halides is 1. The largest absolute Gasteiger partial charge is 0.496 e. The lowest BCUT2D eigenvalue weighted by Crippen LogP contribution is -2.46. The fourth-order valence-corrected chi connectivity index (χ4v) is 2.90. The van der Waals surface area contributed by atoms with Gasteiger partial charge in [-0.25, -0.2) is 9.59 Å². The Balaban J connectivity index is 2.66. The minimum absolute atomic E-state index is 0.0618. The quantitative estimate of drug-likeness (QED) is 0.552. The maximum absolute atomic E-state index is 12.5. The van der Waals surface area contributed by atoms with Crippen molar-refractivity contribution in [1.82, 2.24) is 10.6 Å². The minimum atomic E-state index is -0.827. The summed E-state index contributed by atoms with van der Waals surface area (Å²) in [5, 5.41) is 5.25. The highest BCUT2D eigenvalue weighted by atomic mass is 35.5. The van der Waals surface area contributed by atoms with Crippen molar-refractivity contribution in [2.75, 3.05) is 33.8 Å². The Labute approximate surface area is 156 Å². The van der Waals surface area contributed by atoms with Crippen molar-refractivity contribution in [2.45, 2.75) is 13.0 Å². The molecule has 0 bridgehead atoms. The van der Waals surface area contributed by atoms with Crippen LogP contribution in [0, 0.1) is 0 Å². The molecule has 8 nitrogen and oxygen atoms in total. The molecule has 1 aromatic rings. The van der Waals surface area contributed by atoms with Crippen molar-refractivity contribution < 1.29 is 28.5 Å². The Morgan fingerprint density at radius 3 is 2.27 bits per heavy atom. The number of rotatable bonds is 7. The minimum Gasteiger partial charge on any atom is -0.496 e. The smallest absolute Gasteiger partial charge is 0.338 e. The maximum Gasteiger partial charge on any atom is 0.338 e. The van der Waals surface area contributed by atoms with Gasteiger partial charge in [0.05, 0.1) is 45.4 Å². The summed E-state index contributed by atoms with van der Waals surface area (Å²) in [7, 11) is 4.46. The van der Waals surface area contributed by atoms with Gasteiger partial charge in [-0.05, 0) is 13.0 Å². The molecule has 0 fully saturated rings. The third kappa shape index (κ3) is 3.80. The third-order valence-electron chi connectivity index (χ3n) is 3.83. The van der Waals surface area contributed by atoms with E-state index in [2.05, 4.69) is 10.6 Å². The lowest BCUT2D eigenvalue weighted by atomic mass is 9.94. The van der Waals surface area contributed by atoms with Crippen molar-refractivity contribution in [1.29, 1.82) is 0 Å². The number of methoxy groups -OCH3 is 3. The molecule has 2 rings (SSSR count). The molecule has 0 spiro atoms. The number of ether oxygens (including phenoxy) is 4. The number of nitrogens with one attached hydrogen (secondary N) is 2. The molecule has 0 aromatic heterocycles. The monoisotopic (exact) mass is 384 g/mol. The summed E-state index contributed by atoms with van der Waals surface area (Å²) in [4.78, 5) is 24.6. The van der Waals surface area contributed by atoms with Gasteiger partial charge in [0.15, 0.2) is 11.5 Å². The predicted octanol–water partition coefficient (Wildman–Crippen LogP) is 2.12. The number of carbonyl (C=O) groups excluding carboxylic acids is 2. The number of benzene rings is 1. The zero-order valence-electron chi connectivity index (χ0n) is 15.0. The van der Waals surface area contributed by atoms with E-state index in [1.807, 2.05) is 0 Å². The molecular weight excluding hydrogens is 364 g/mol. The second-order valence-corrected chi connectivity index (χ2v) is 5.49. The van der Waals surface area contributed by atoms with E-state index in [-0.39, 0.29) is 23.8 Å². The molecule has 0 saturated carbocycles. The third-order valence-corrected chi connectivity index (χ3v) is 4.10. The Bertz CT molecular complexity index is 734. The highest BCUT2D eigenvalue weighted by molar-refractivity contribution is 6.20. The molecule has 9 heteroatoms. The number of urea groups is 1. The van der Waals surface area contributed by atoms with Crippen LogP contribution in [-0.2, 0) is 9.53 Å². The molecule has 1 aliphatic rings. The van der Waals surface area contributed by atoms with Crippen LogP contribution in [0.2, 0.25) is 0 Å². The van der Waals surface area contributed by atoms with Crippen LogP contribution in [0.15, 0.2) is 23.4 Å². The van der Waals surface area contributed by atoms with Crippen molar-refractivity contribution in [3.8, 4) is 17.2 Å². The van der Waals surface area contributed by atoms with E-state index >= 15 is 0 Å². The normalized spacial score (nSPS) is 16.5. The Morgan fingerprint density at radius 1 is 1.12 bits per heavy atom. The Kier molecular flexibility index (Phi) is 6.57. The molecule has 0 unspecified atom stereocenters. The Morgan fingerprint density at radius 2 is 1.73 bits per heavy atom. The Hall–Kier alpha value is -2.61. The van der Waals surface area contributed by atoms with Crippen molar-refractivity contribution in [2.24, 2.45) is 0 Å². The number of carbonyl (C=O) groups is 2. The van der Waals surface area contributed by atoms with Gasteiger partial charge in [-0.2, -0.15) is 0 Å². The number of halogens is 1. The summed E-state index contributed by atoms with van der Waals surface area (Å²) in [6.07, 6.45) is 0. The molecular formula is C17H21ClN2O6. The molecule has 0 aliphatic carbocycles. The topological polar surface area (TPSA) is 95.1 Å². The van der Waals surface area contributed by atoms with E-state index in [1.165, 1.54) is 21.3 Å². The van der Waals surface area contributed by atoms with Crippen LogP contribution >= 0.6 is 11.6 Å². The molecule has 0 radical (unpaired) electrons. The van der Waals surface area contributed by atoms with Gasteiger partial charge in [-0.1, -0.05) is 0 Å². The van der Waals surface area contributed by atoms with Crippen LogP contribution in [0.25, 0.3) is 0 Å². The maximum atomic E-state index is 12.5. The number of esters is 1. The summed E-state index contributed by atoms with van der Waals surface area (Å²) in [5.74, 6) is 0.635. The average molecular weight is 385 g/mol. The summed E-state index contributed by atoms with van der Waals surface area (Å²) in [5.41, 5.74) is 0.980. The zero-order valence-corrected chi connectivity index (χ0v) is 15.7. The SMILES string of the molecule is CCOC(=O)C1=C(CCl)NC(=O)N[C@H]1c1cc(OC)c(OC)cc1OC.